The van der Waals surface area contributed by atoms with Gasteiger partial charge in [-0.15, -0.1) is 0 Å². The molecule has 2 rings (SSSR count). The summed E-state index contributed by atoms with van der Waals surface area (Å²) in [6.45, 7) is 8.04. The van der Waals surface area contributed by atoms with Crippen LogP contribution in [0.4, 0.5) is 4.79 Å². The van der Waals surface area contributed by atoms with Crippen molar-refractivity contribution in [2.45, 2.75) is 46.3 Å². The van der Waals surface area contributed by atoms with Crippen molar-refractivity contribution in [1.29, 1.82) is 0 Å². The van der Waals surface area contributed by atoms with E-state index in [2.05, 4.69) is 0 Å². The van der Waals surface area contributed by atoms with Crippen molar-refractivity contribution in [3.05, 3.63) is 70.3 Å². The molecule has 0 heterocycles. The Morgan fingerprint density at radius 2 is 1.67 bits per heavy atom. The number of hydrogen-bond donors (Lipinski definition) is 1. The van der Waals surface area contributed by atoms with Gasteiger partial charge in [0.25, 0.3) is 5.91 Å². The summed E-state index contributed by atoms with van der Waals surface area (Å²) in [5.41, 5.74) is -0.123. The molecule has 0 aliphatic rings. The quantitative estimate of drug-likeness (QED) is 0.543. The van der Waals surface area contributed by atoms with E-state index in [1.165, 1.54) is 14.0 Å². The Bertz CT molecular complexity index is 1070. The molecule has 0 spiro atoms. The number of aliphatic carboxylic acids is 1. The van der Waals surface area contributed by atoms with Crippen LogP contribution in [0.5, 0.6) is 5.75 Å². The SMILES string of the molecule is COc1ccc(Cl)cc1C(C)=C(C(=O)O)C(C)N(C(=O)OC(C)(C)C)C(=O)c1ccccc1. The number of benzene rings is 2. The van der Waals surface area contributed by atoms with Gasteiger partial charge in [0.2, 0.25) is 0 Å². The van der Waals surface area contributed by atoms with Gasteiger partial charge in [-0.25, -0.2) is 14.5 Å². The van der Waals surface area contributed by atoms with Gasteiger partial charge in [0.05, 0.1) is 18.7 Å². The molecular weight excluding hydrogens is 446 g/mol. The molecule has 8 heteroatoms. The standard InChI is InChI=1S/C25H28ClNO6/c1-15(19-14-18(26)12-13-20(19)32-6)21(23(29)30)16(2)27(24(31)33-25(3,4)5)22(28)17-10-8-7-9-11-17/h7-14,16H,1-6H3,(H,29,30). The van der Waals surface area contributed by atoms with Gasteiger partial charge >= 0.3 is 12.1 Å². The highest BCUT2D eigenvalue weighted by molar-refractivity contribution is 6.30. The predicted molar refractivity (Wildman–Crippen MR) is 127 cm³/mol. The van der Waals surface area contributed by atoms with Gasteiger partial charge in [0.1, 0.15) is 11.4 Å². The Kier molecular flexibility index (Phi) is 8.28. The number of imide groups is 1. The highest BCUT2D eigenvalue weighted by atomic mass is 35.5. The first-order chi connectivity index (χ1) is 15.4. The number of carbonyl (C=O) groups is 3. The number of carboxylic acids is 1. The normalized spacial score (nSPS) is 12.9. The third kappa shape index (κ3) is 6.35. The molecule has 176 valence electrons. The Morgan fingerprint density at radius 1 is 1.06 bits per heavy atom. The van der Waals surface area contributed by atoms with Crippen LogP contribution in [-0.2, 0) is 9.53 Å². The minimum absolute atomic E-state index is 0.175. The van der Waals surface area contributed by atoms with Crippen LogP contribution in [0.2, 0.25) is 5.02 Å². The van der Waals surface area contributed by atoms with E-state index >= 15 is 0 Å². The average molecular weight is 474 g/mol. The van der Waals surface area contributed by atoms with E-state index in [4.69, 9.17) is 21.1 Å². The molecule has 2 aromatic carbocycles. The molecule has 0 saturated carbocycles. The second kappa shape index (κ2) is 10.5. The number of halogens is 1. The molecule has 0 bridgehead atoms. The molecule has 0 aliphatic carbocycles. The van der Waals surface area contributed by atoms with Crippen LogP contribution in [0, 0.1) is 0 Å². The average Bonchev–Trinajstić information content (AvgIpc) is 2.72. The van der Waals surface area contributed by atoms with Crippen molar-refractivity contribution in [2.24, 2.45) is 0 Å². The molecule has 2 aromatic rings. The van der Waals surface area contributed by atoms with Gasteiger partial charge in [-0.3, -0.25) is 4.79 Å². The van der Waals surface area contributed by atoms with Gasteiger partial charge in [-0.2, -0.15) is 0 Å². The smallest absolute Gasteiger partial charge is 0.417 e. The second-order valence-corrected chi connectivity index (χ2v) is 8.82. The first kappa shape index (κ1) is 25.9. The third-order valence-corrected chi connectivity index (χ3v) is 5.07. The Balaban J connectivity index is 2.69. The fourth-order valence-electron chi connectivity index (χ4n) is 3.35. The fourth-order valence-corrected chi connectivity index (χ4v) is 3.52. The van der Waals surface area contributed by atoms with Crippen LogP contribution >= 0.6 is 11.6 Å². The Labute approximate surface area is 198 Å². The number of rotatable bonds is 6. The number of methoxy groups -OCH3 is 1. The van der Waals surface area contributed by atoms with Crippen molar-refractivity contribution >= 4 is 35.1 Å². The number of carbonyl (C=O) groups excluding carboxylic acids is 2. The van der Waals surface area contributed by atoms with E-state index in [0.29, 0.717) is 21.9 Å². The number of ether oxygens (including phenoxy) is 2. The lowest BCUT2D eigenvalue weighted by Crippen LogP contribution is -2.47. The lowest BCUT2D eigenvalue weighted by Gasteiger charge is -2.31. The Morgan fingerprint density at radius 3 is 2.18 bits per heavy atom. The summed E-state index contributed by atoms with van der Waals surface area (Å²) in [7, 11) is 1.45. The maximum absolute atomic E-state index is 13.3. The minimum atomic E-state index is -1.29. The van der Waals surface area contributed by atoms with Gasteiger partial charge in [0, 0.05) is 16.1 Å². The Hall–Kier alpha value is -3.32. The molecule has 0 fully saturated rings. The van der Waals surface area contributed by atoms with E-state index in [1.807, 2.05) is 0 Å². The summed E-state index contributed by atoms with van der Waals surface area (Å²) in [6.07, 6.45) is -0.950. The van der Waals surface area contributed by atoms with Crippen molar-refractivity contribution in [3.8, 4) is 5.75 Å². The second-order valence-electron chi connectivity index (χ2n) is 8.39. The van der Waals surface area contributed by atoms with E-state index in [1.54, 1.807) is 76.2 Å². The zero-order chi connectivity index (χ0) is 24.9. The topological polar surface area (TPSA) is 93.1 Å². The lowest BCUT2D eigenvalue weighted by molar-refractivity contribution is -0.133. The first-order valence-corrected chi connectivity index (χ1v) is 10.6. The summed E-state index contributed by atoms with van der Waals surface area (Å²) in [4.78, 5) is 39.7. The van der Waals surface area contributed by atoms with Gasteiger partial charge in [-0.1, -0.05) is 29.8 Å². The predicted octanol–water partition coefficient (Wildman–Crippen LogP) is 5.67. The van der Waals surface area contributed by atoms with Crippen LogP contribution in [0.25, 0.3) is 5.57 Å². The van der Waals surface area contributed by atoms with Crippen molar-refractivity contribution in [1.82, 2.24) is 4.90 Å². The van der Waals surface area contributed by atoms with Gasteiger partial charge in [-0.05, 0) is 70.5 Å². The largest absolute Gasteiger partial charge is 0.496 e. The highest BCUT2D eigenvalue weighted by Crippen LogP contribution is 2.33. The first-order valence-electron chi connectivity index (χ1n) is 10.3. The molecule has 1 unspecified atom stereocenters. The molecule has 1 N–H and O–H groups in total. The zero-order valence-electron chi connectivity index (χ0n) is 19.5. The summed E-state index contributed by atoms with van der Waals surface area (Å²) >= 11 is 6.13. The lowest BCUT2D eigenvalue weighted by atomic mass is 9.95. The maximum Gasteiger partial charge on any atom is 0.417 e. The number of nitrogens with zero attached hydrogens (tertiary/aromatic N) is 1. The van der Waals surface area contributed by atoms with Crippen LogP contribution in [0.15, 0.2) is 54.1 Å². The molecule has 7 nitrogen and oxygen atoms in total. The molecule has 0 aromatic heterocycles. The summed E-state index contributed by atoms with van der Waals surface area (Å²) in [6, 6.07) is 11.8. The van der Waals surface area contributed by atoms with Crippen LogP contribution in [0.3, 0.4) is 0 Å². The van der Waals surface area contributed by atoms with E-state index in [9.17, 15) is 19.5 Å². The minimum Gasteiger partial charge on any atom is -0.496 e. The number of hydrogen-bond acceptors (Lipinski definition) is 5. The summed E-state index contributed by atoms with van der Waals surface area (Å²) in [5.74, 6) is -1.57. The molecule has 0 aliphatic heterocycles. The fraction of sp³-hybridized carbons (Fsp3) is 0.320. The molecule has 0 radical (unpaired) electrons. The van der Waals surface area contributed by atoms with Crippen LogP contribution in [-0.4, -0.2) is 46.7 Å². The highest BCUT2D eigenvalue weighted by Gasteiger charge is 2.37. The van der Waals surface area contributed by atoms with E-state index in [0.717, 1.165) is 4.90 Å². The van der Waals surface area contributed by atoms with Crippen molar-refractivity contribution in [2.75, 3.05) is 7.11 Å². The molecule has 0 saturated heterocycles. The maximum atomic E-state index is 13.3. The number of allylic oxidation sites excluding steroid dienone is 1. The van der Waals surface area contributed by atoms with Gasteiger partial charge in [0.15, 0.2) is 0 Å². The number of amides is 2. The van der Waals surface area contributed by atoms with E-state index < -0.39 is 29.6 Å². The third-order valence-electron chi connectivity index (χ3n) is 4.83. The van der Waals surface area contributed by atoms with Crippen molar-refractivity contribution in [3.63, 3.8) is 0 Å². The molecule has 2 amide bonds. The van der Waals surface area contributed by atoms with Gasteiger partial charge < -0.3 is 14.6 Å². The van der Waals surface area contributed by atoms with Crippen LogP contribution in [0.1, 0.15) is 50.5 Å². The number of carboxylic acid groups (broad SMARTS) is 1. The summed E-state index contributed by atoms with van der Waals surface area (Å²) < 4.78 is 10.8. The van der Waals surface area contributed by atoms with E-state index in [-0.39, 0.29) is 11.1 Å². The monoisotopic (exact) mass is 473 g/mol. The van der Waals surface area contributed by atoms with Crippen molar-refractivity contribution < 1.29 is 29.0 Å². The molecule has 1 atom stereocenters. The molecular formula is C25H28ClNO6. The summed E-state index contributed by atoms with van der Waals surface area (Å²) in [5, 5.41) is 10.5. The zero-order valence-corrected chi connectivity index (χ0v) is 20.3. The molecule has 33 heavy (non-hydrogen) atoms. The van der Waals surface area contributed by atoms with Crippen LogP contribution < -0.4 is 4.74 Å².